The molecule has 1 unspecified atom stereocenters. The average Bonchev–Trinajstić information content (AvgIpc) is 2.89. The molecule has 0 fully saturated rings. The van der Waals surface area contributed by atoms with Crippen LogP contribution in [-0.4, -0.2) is 36.6 Å². The van der Waals surface area contributed by atoms with Gasteiger partial charge in [0.2, 0.25) is 5.88 Å². The van der Waals surface area contributed by atoms with Crippen LogP contribution in [0.3, 0.4) is 0 Å². The summed E-state index contributed by atoms with van der Waals surface area (Å²) >= 11 is 0. The van der Waals surface area contributed by atoms with Crippen molar-refractivity contribution < 1.29 is 14.3 Å². The van der Waals surface area contributed by atoms with Crippen LogP contribution < -0.4 is 10.1 Å². The number of hydrogen-bond donors (Lipinski definition) is 1. The van der Waals surface area contributed by atoms with Crippen molar-refractivity contribution in [1.29, 1.82) is 0 Å². The van der Waals surface area contributed by atoms with E-state index in [4.69, 9.17) is 4.74 Å². The zero-order chi connectivity index (χ0) is 15.2. The van der Waals surface area contributed by atoms with Crippen molar-refractivity contribution in [3.63, 3.8) is 0 Å². The molecule has 6 heteroatoms. The van der Waals surface area contributed by atoms with Gasteiger partial charge < -0.3 is 14.8 Å². The first kappa shape index (κ1) is 14.9. The zero-order valence-electron chi connectivity index (χ0n) is 12.4. The highest BCUT2D eigenvalue weighted by molar-refractivity contribution is 5.67. The van der Waals surface area contributed by atoms with Gasteiger partial charge in [-0.25, -0.2) is 9.48 Å². The van der Waals surface area contributed by atoms with Gasteiger partial charge in [0.15, 0.2) is 0 Å². The molecule has 0 bridgehead atoms. The van der Waals surface area contributed by atoms with Crippen molar-refractivity contribution in [3.05, 3.63) is 47.7 Å². The van der Waals surface area contributed by atoms with Gasteiger partial charge in [0, 0.05) is 25.1 Å². The molecule has 1 amide bonds. The molecule has 2 rings (SSSR count). The van der Waals surface area contributed by atoms with E-state index in [2.05, 4.69) is 15.2 Å². The van der Waals surface area contributed by atoms with Gasteiger partial charge in [-0.05, 0) is 5.56 Å². The minimum atomic E-state index is -0.459. The lowest BCUT2D eigenvalue weighted by Gasteiger charge is -2.18. The van der Waals surface area contributed by atoms with Gasteiger partial charge in [0.05, 0.1) is 20.4 Å². The van der Waals surface area contributed by atoms with Gasteiger partial charge in [-0.15, -0.1) is 0 Å². The first-order valence-electron chi connectivity index (χ1n) is 6.60. The quantitative estimate of drug-likeness (QED) is 0.913. The molecule has 1 heterocycles. The molecule has 1 aromatic carbocycles. The largest absolute Gasteiger partial charge is 0.481 e. The molecular formula is C15H19N3O3. The van der Waals surface area contributed by atoms with Crippen LogP contribution in [0.5, 0.6) is 5.88 Å². The Morgan fingerprint density at radius 2 is 2.05 bits per heavy atom. The summed E-state index contributed by atoms with van der Waals surface area (Å²) in [4.78, 5) is 11.4. The number of carbonyl (C=O) groups excluding carboxylic acids is 1. The second-order valence-electron chi connectivity index (χ2n) is 4.57. The van der Waals surface area contributed by atoms with E-state index < -0.39 is 6.09 Å². The Balaban J connectivity index is 2.33. The Morgan fingerprint density at radius 3 is 2.67 bits per heavy atom. The third kappa shape index (κ3) is 3.34. The van der Waals surface area contributed by atoms with Gasteiger partial charge in [-0.3, -0.25) is 0 Å². The van der Waals surface area contributed by atoms with Crippen molar-refractivity contribution in [2.45, 2.75) is 5.92 Å². The lowest BCUT2D eigenvalue weighted by molar-refractivity contribution is 0.170. The fraction of sp³-hybridized carbons (Fsp3) is 0.333. The highest BCUT2D eigenvalue weighted by atomic mass is 16.5. The van der Waals surface area contributed by atoms with Crippen LogP contribution in [0.2, 0.25) is 0 Å². The van der Waals surface area contributed by atoms with E-state index in [1.54, 1.807) is 18.0 Å². The summed E-state index contributed by atoms with van der Waals surface area (Å²) in [5, 5.41) is 6.97. The number of methoxy groups -OCH3 is 2. The van der Waals surface area contributed by atoms with E-state index in [-0.39, 0.29) is 5.92 Å². The first-order valence-corrected chi connectivity index (χ1v) is 6.60. The maximum absolute atomic E-state index is 11.4. The van der Waals surface area contributed by atoms with Crippen LogP contribution in [0.1, 0.15) is 17.0 Å². The number of ether oxygens (including phenoxy) is 2. The molecule has 112 valence electrons. The van der Waals surface area contributed by atoms with Crippen LogP contribution in [0, 0.1) is 0 Å². The Bertz CT molecular complexity index is 595. The summed E-state index contributed by atoms with van der Waals surface area (Å²) < 4.78 is 11.7. The minimum absolute atomic E-state index is 0.0612. The fourth-order valence-electron chi connectivity index (χ4n) is 2.28. The molecule has 0 radical (unpaired) electrons. The highest BCUT2D eigenvalue weighted by Gasteiger charge is 2.22. The van der Waals surface area contributed by atoms with Crippen LogP contribution in [0.4, 0.5) is 4.79 Å². The smallest absolute Gasteiger partial charge is 0.406 e. The van der Waals surface area contributed by atoms with Crippen molar-refractivity contribution >= 4 is 6.09 Å². The second-order valence-corrected chi connectivity index (χ2v) is 4.57. The third-order valence-electron chi connectivity index (χ3n) is 3.32. The molecule has 21 heavy (non-hydrogen) atoms. The van der Waals surface area contributed by atoms with Crippen molar-refractivity contribution in [1.82, 2.24) is 15.1 Å². The van der Waals surface area contributed by atoms with E-state index in [1.165, 1.54) is 7.11 Å². The molecule has 0 saturated carbocycles. The number of nitrogens with zero attached hydrogens (tertiary/aromatic N) is 2. The molecule has 0 saturated heterocycles. The number of aryl methyl sites for hydroxylation is 1. The number of aromatic nitrogens is 2. The predicted molar refractivity (Wildman–Crippen MR) is 78.5 cm³/mol. The minimum Gasteiger partial charge on any atom is -0.481 e. The van der Waals surface area contributed by atoms with Gasteiger partial charge >= 0.3 is 6.09 Å². The number of alkyl carbamates (subject to hydrolysis) is 1. The Labute approximate surface area is 123 Å². The second kappa shape index (κ2) is 6.78. The average molecular weight is 289 g/mol. The fourth-order valence-corrected chi connectivity index (χ4v) is 2.28. The van der Waals surface area contributed by atoms with Crippen molar-refractivity contribution in [3.8, 4) is 5.88 Å². The van der Waals surface area contributed by atoms with Crippen LogP contribution in [0.25, 0.3) is 0 Å². The molecular weight excluding hydrogens is 270 g/mol. The van der Waals surface area contributed by atoms with Crippen LogP contribution in [0.15, 0.2) is 36.5 Å². The molecule has 1 aromatic heterocycles. The Morgan fingerprint density at radius 1 is 1.33 bits per heavy atom. The molecule has 0 spiro atoms. The van der Waals surface area contributed by atoms with Gasteiger partial charge in [0.25, 0.3) is 0 Å². The Hall–Kier alpha value is -2.50. The maximum atomic E-state index is 11.4. The number of amides is 1. The Kier molecular flexibility index (Phi) is 4.81. The lowest BCUT2D eigenvalue weighted by Crippen LogP contribution is -2.28. The molecule has 1 N–H and O–H groups in total. The standard InChI is InChI=1S/C15H19N3O3/c1-18-14(20-2)13(10-17-18)12(9-16-15(19)21-3)11-7-5-4-6-8-11/h4-8,10,12H,9H2,1-3H3,(H,16,19). The summed E-state index contributed by atoms with van der Waals surface area (Å²) in [6.45, 7) is 0.402. The van der Waals surface area contributed by atoms with E-state index in [9.17, 15) is 4.79 Å². The molecule has 0 aliphatic rings. The molecule has 6 nitrogen and oxygen atoms in total. The number of nitrogens with one attached hydrogen (secondary N) is 1. The van der Waals surface area contributed by atoms with Crippen LogP contribution in [-0.2, 0) is 11.8 Å². The molecule has 1 atom stereocenters. The highest BCUT2D eigenvalue weighted by Crippen LogP contribution is 2.30. The number of benzene rings is 1. The topological polar surface area (TPSA) is 65.4 Å². The number of hydrogen-bond acceptors (Lipinski definition) is 4. The first-order chi connectivity index (χ1) is 10.2. The van der Waals surface area contributed by atoms with E-state index in [0.717, 1.165) is 11.1 Å². The van der Waals surface area contributed by atoms with Crippen molar-refractivity contribution in [2.24, 2.45) is 7.05 Å². The number of rotatable bonds is 5. The zero-order valence-corrected chi connectivity index (χ0v) is 12.4. The van der Waals surface area contributed by atoms with E-state index >= 15 is 0 Å². The third-order valence-corrected chi connectivity index (χ3v) is 3.32. The molecule has 0 aliphatic carbocycles. The summed E-state index contributed by atoms with van der Waals surface area (Å²) in [6.07, 6.45) is 1.30. The summed E-state index contributed by atoms with van der Waals surface area (Å²) in [5.41, 5.74) is 1.99. The predicted octanol–water partition coefficient (Wildman–Crippen LogP) is 1.92. The number of carbonyl (C=O) groups is 1. The van der Waals surface area contributed by atoms with Crippen molar-refractivity contribution in [2.75, 3.05) is 20.8 Å². The summed E-state index contributed by atoms with van der Waals surface area (Å²) in [5.74, 6) is 0.615. The molecule has 0 aliphatic heterocycles. The SMILES string of the molecule is COC(=O)NCC(c1ccccc1)c1cnn(C)c1OC. The monoisotopic (exact) mass is 289 g/mol. The molecule has 2 aromatic rings. The lowest BCUT2D eigenvalue weighted by atomic mass is 9.93. The van der Waals surface area contributed by atoms with Gasteiger partial charge in [-0.2, -0.15) is 5.10 Å². The van der Waals surface area contributed by atoms with Gasteiger partial charge in [-0.1, -0.05) is 30.3 Å². The normalized spacial score (nSPS) is 11.8. The van der Waals surface area contributed by atoms with E-state index in [0.29, 0.717) is 12.4 Å². The van der Waals surface area contributed by atoms with Crippen LogP contribution >= 0.6 is 0 Å². The summed E-state index contributed by atoms with van der Waals surface area (Å²) in [6, 6.07) is 9.90. The maximum Gasteiger partial charge on any atom is 0.406 e. The van der Waals surface area contributed by atoms with E-state index in [1.807, 2.05) is 37.4 Å². The van der Waals surface area contributed by atoms with Gasteiger partial charge in [0.1, 0.15) is 0 Å². The summed E-state index contributed by atoms with van der Waals surface area (Å²) in [7, 11) is 4.77.